The summed E-state index contributed by atoms with van der Waals surface area (Å²) in [4.78, 5) is 23.5. The maximum atomic E-state index is 11.8. The summed E-state index contributed by atoms with van der Waals surface area (Å²) in [6.45, 7) is 4.87. The van der Waals surface area contributed by atoms with Crippen molar-refractivity contribution in [2.75, 3.05) is 6.61 Å². The average molecular weight is 411 g/mol. The van der Waals surface area contributed by atoms with E-state index in [4.69, 9.17) is 4.74 Å². The summed E-state index contributed by atoms with van der Waals surface area (Å²) in [7, 11) is 0. The first-order valence-corrected chi connectivity index (χ1v) is 12.9. The zero-order valence-electron chi connectivity index (χ0n) is 19.8. The van der Waals surface area contributed by atoms with E-state index in [0.29, 0.717) is 13.0 Å². The van der Waals surface area contributed by atoms with Crippen LogP contribution in [-0.2, 0) is 14.3 Å². The third-order valence-corrected chi connectivity index (χ3v) is 5.72. The Morgan fingerprint density at radius 2 is 0.828 bits per heavy atom. The van der Waals surface area contributed by atoms with Crippen LogP contribution in [0.2, 0.25) is 0 Å². The lowest BCUT2D eigenvalue weighted by atomic mass is 10.0. The van der Waals surface area contributed by atoms with Gasteiger partial charge in [-0.1, -0.05) is 129 Å². The monoisotopic (exact) mass is 410 g/mol. The van der Waals surface area contributed by atoms with Gasteiger partial charge < -0.3 is 4.74 Å². The Labute approximate surface area is 181 Å². The molecule has 0 amide bonds. The molecule has 0 saturated heterocycles. The maximum absolute atomic E-state index is 11.8. The van der Waals surface area contributed by atoms with Crippen LogP contribution in [-0.4, -0.2) is 18.4 Å². The van der Waals surface area contributed by atoms with E-state index >= 15 is 0 Å². The van der Waals surface area contributed by atoms with Crippen molar-refractivity contribution in [1.82, 2.24) is 0 Å². The van der Waals surface area contributed by atoms with Crippen molar-refractivity contribution >= 4 is 11.8 Å². The summed E-state index contributed by atoms with van der Waals surface area (Å²) in [5.41, 5.74) is 0. The molecular weight excluding hydrogens is 360 g/mol. The van der Waals surface area contributed by atoms with Gasteiger partial charge in [-0.15, -0.1) is 0 Å². The molecule has 29 heavy (non-hydrogen) atoms. The summed E-state index contributed by atoms with van der Waals surface area (Å²) in [6.07, 6.45) is 25.4. The average Bonchev–Trinajstić information content (AvgIpc) is 2.73. The van der Waals surface area contributed by atoms with Gasteiger partial charge >= 0.3 is 5.97 Å². The molecule has 3 heteroatoms. The molecule has 0 aliphatic rings. The minimum Gasteiger partial charge on any atom is -0.460 e. The van der Waals surface area contributed by atoms with Crippen LogP contribution < -0.4 is 0 Å². The number of carbonyl (C=O) groups excluding carboxylic acids is 2. The maximum Gasteiger partial charge on any atom is 0.374 e. The number of carbonyl (C=O) groups is 2. The molecule has 0 heterocycles. The normalized spacial score (nSPS) is 11.0. The lowest BCUT2D eigenvalue weighted by Crippen LogP contribution is -2.17. The smallest absolute Gasteiger partial charge is 0.374 e. The number of hydrogen-bond acceptors (Lipinski definition) is 3. The summed E-state index contributed by atoms with van der Waals surface area (Å²) < 4.78 is 5.09. The highest BCUT2D eigenvalue weighted by Gasteiger charge is 2.14. The lowest BCUT2D eigenvalue weighted by Gasteiger charge is -2.05. The molecule has 0 unspecified atom stereocenters. The quantitative estimate of drug-likeness (QED) is 0.0965. The first-order valence-electron chi connectivity index (χ1n) is 12.9. The minimum absolute atomic E-state index is 0.338. The van der Waals surface area contributed by atoms with Crippen molar-refractivity contribution in [2.45, 2.75) is 149 Å². The standard InChI is InChI=1S/C26H50O3/c1-3-5-7-9-11-12-13-14-15-16-17-18-19-21-23-25(27)26(28)29-24-22-20-10-8-6-4-2/h3-24H2,1-2H3. The van der Waals surface area contributed by atoms with Crippen LogP contribution in [0.4, 0.5) is 0 Å². The molecule has 0 rings (SSSR count). The molecule has 0 aromatic rings. The fourth-order valence-corrected chi connectivity index (χ4v) is 3.71. The second-order valence-electron chi connectivity index (χ2n) is 8.67. The minimum atomic E-state index is -0.617. The molecule has 0 aliphatic heterocycles. The first kappa shape index (κ1) is 28.1. The Balaban J connectivity index is 3.29. The van der Waals surface area contributed by atoms with Gasteiger partial charge in [-0.3, -0.25) is 4.79 Å². The Kier molecular flexibility index (Phi) is 22.7. The Bertz CT molecular complexity index is 365. The molecule has 0 N–H and O–H groups in total. The van der Waals surface area contributed by atoms with E-state index in [-0.39, 0.29) is 5.78 Å². The molecule has 0 aromatic carbocycles. The number of unbranched alkanes of at least 4 members (excludes halogenated alkanes) is 18. The van der Waals surface area contributed by atoms with Crippen LogP contribution >= 0.6 is 0 Å². The summed E-state index contributed by atoms with van der Waals surface area (Å²) >= 11 is 0. The van der Waals surface area contributed by atoms with E-state index in [1.165, 1.54) is 103 Å². The highest BCUT2D eigenvalue weighted by atomic mass is 16.5. The van der Waals surface area contributed by atoms with Crippen molar-refractivity contribution in [2.24, 2.45) is 0 Å². The van der Waals surface area contributed by atoms with Gasteiger partial charge in [-0.25, -0.2) is 4.79 Å². The van der Waals surface area contributed by atoms with Crippen molar-refractivity contribution < 1.29 is 14.3 Å². The van der Waals surface area contributed by atoms with Crippen molar-refractivity contribution in [3.8, 4) is 0 Å². The third-order valence-electron chi connectivity index (χ3n) is 5.72. The highest BCUT2D eigenvalue weighted by Crippen LogP contribution is 2.13. The van der Waals surface area contributed by atoms with Gasteiger partial charge in [-0.2, -0.15) is 0 Å². The Morgan fingerprint density at radius 3 is 1.24 bits per heavy atom. The van der Waals surface area contributed by atoms with Gasteiger partial charge in [0.25, 0.3) is 0 Å². The largest absolute Gasteiger partial charge is 0.460 e. The zero-order chi connectivity index (χ0) is 21.4. The van der Waals surface area contributed by atoms with Gasteiger partial charge in [0.1, 0.15) is 0 Å². The highest BCUT2D eigenvalue weighted by molar-refractivity contribution is 6.33. The number of rotatable bonds is 23. The van der Waals surface area contributed by atoms with Crippen LogP contribution in [0.3, 0.4) is 0 Å². The van der Waals surface area contributed by atoms with Crippen LogP contribution in [0.1, 0.15) is 149 Å². The second-order valence-corrected chi connectivity index (χ2v) is 8.67. The van der Waals surface area contributed by atoms with Crippen LogP contribution in [0.25, 0.3) is 0 Å². The molecule has 0 spiro atoms. The van der Waals surface area contributed by atoms with E-state index in [1.54, 1.807) is 0 Å². The summed E-state index contributed by atoms with van der Waals surface area (Å²) in [5.74, 6) is -0.955. The third kappa shape index (κ3) is 21.7. The molecular formula is C26H50O3. The van der Waals surface area contributed by atoms with E-state index in [2.05, 4.69) is 13.8 Å². The first-order chi connectivity index (χ1) is 14.2. The molecule has 0 saturated carbocycles. The Morgan fingerprint density at radius 1 is 0.483 bits per heavy atom. The van der Waals surface area contributed by atoms with Gasteiger partial charge in [0, 0.05) is 6.42 Å². The van der Waals surface area contributed by atoms with Gasteiger partial charge in [0.05, 0.1) is 6.61 Å². The fourth-order valence-electron chi connectivity index (χ4n) is 3.71. The molecule has 0 fully saturated rings. The number of esters is 1. The predicted octanol–water partition coefficient (Wildman–Crippen LogP) is 8.33. The summed E-state index contributed by atoms with van der Waals surface area (Å²) in [5, 5.41) is 0. The Hall–Kier alpha value is -0.860. The SMILES string of the molecule is CCCCCCCCCCCCCCCCC(=O)C(=O)OCCCCCCCC. The molecule has 0 atom stereocenters. The number of ether oxygens (including phenoxy) is 1. The molecule has 3 nitrogen and oxygen atoms in total. The number of hydrogen-bond donors (Lipinski definition) is 0. The van der Waals surface area contributed by atoms with E-state index in [0.717, 1.165) is 25.7 Å². The molecule has 0 bridgehead atoms. The van der Waals surface area contributed by atoms with Gasteiger partial charge in [-0.05, 0) is 12.8 Å². The molecule has 0 aromatic heterocycles. The van der Waals surface area contributed by atoms with Crippen molar-refractivity contribution in [3.63, 3.8) is 0 Å². The topological polar surface area (TPSA) is 43.4 Å². The molecule has 172 valence electrons. The second kappa shape index (κ2) is 23.4. The van der Waals surface area contributed by atoms with Gasteiger partial charge in [0.2, 0.25) is 5.78 Å². The predicted molar refractivity (Wildman–Crippen MR) is 124 cm³/mol. The number of Topliss-reactive ketones (excluding diaryl/α,β-unsaturated/α-hetero) is 1. The van der Waals surface area contributed by atoms with Crippen LogP contribution in [0, 0.1) is 0 Å². The van der Waals surface area contributed by atoms with E-state index < -0.39 is 5.97 Å². The van der Waals surface area contributed by atoms with Gasteiger partial charge in [0.15, 0.2) is 0 Å². The molecule has 0 aliphatic carbocycles. The van der Waals surface area contributed by atoms with Crippen molar-refractivity contribution in [1.29, 1.82) is 0 Å². The number of ketones is 1. The van der Waals surface area contributed by atoms with E-state index in [9.17, 15) is 9.59 Å². The van der Waals surface area contributed by atoms with Crippen molar-refractivity contribution in [3.05, 3.63) is 0 Å². The van der Waals surface area contributed by atoms with Crippen LogP contribution in [0.5, 0.6) is 0 Å². The fraction of sp³-hybridized carbons (Fsp3) is 0.923. The summed E-state index contributed by atoms with van der Waals surface area (Å²) in [6, 6.07) is 0. The lowest BCUT2D eigenvalue weighted by molar-refractivity contribution is -0.154. The van der Waals surface area contributed by atoms with E-state index in [1.807, 2.05) is 0 Å². The molecule has 0 radical (unpaired) electrons. The van der Waals surface area contributed by atoms with Crippen LogP contribution in [0.15, 0.2) is 0 Å². The zero-order valence-corrected chi connectivity index (χ0v) is 19.8.